The second-order valence-electron chi connectivity index (χ2n) is 5.19. The van der Waals surface area contributed by atoms with E-state index >= 15 is 0 Å². The number of unbranched alkanes of at least 4 members (excludes halogenated alkanes) is 1. The molecule has 0 bridgehead atoms. The van der Waals surface area contributed by atoms with Crippen LogP contribution in [0.3, 0.4) is 0 Å². The summed E-state index contributed by atoms with van der Waals surface area (Å²) in [5.41, 5.74) is 0.000402. The number of carbonyl (C=O) groups is 1. The van der Waals surface area contributed by atoms with Crippen molar-refractivity contribution >= 4 is 17.4 Å². The molecule has 0 aliphatic heterocycles. The fourth-order valence-electron chi connectivity index (χ4n) is 2.06. The van der Waals surface area contributed by atoms with E-state index in [1.54, 1.807) is 16.9 Å². The number of benzene rings is 1. The highest BCUT2D eigenvalue weighted by molar-refractivity contribution is 5.89. The minimum absolute atomic E-state index is 0.000402. The summed E-state index contributed by atoms with van der Waals surface area (Å²) >= 11 is 0. The lowest BCUT2D eigenvalue weighted by Gasteiger charge is -2.09. The van der Waals surface area contributed by atoms with Gasteiger partial charge in [-0.05, 0) is 18.6 Å². The highest BCUT2D eigenvalue weighted by Gasteiger charge is 2.08. The molecule has 1 aromatic carbocycles. The number of carbonyl (C=O) groups excluding carboxylic acids is 1. The molecule has 0 aliphatic rings. The van der Waals surface area contributed by atoms with Crippen LogP contribution < -0.4 is 10.1 Å². The molecule has 0 radical (unpaired) electrons. The molecule has 0 saturated carbocycles. The summed E-state index contributed by atoms with van der Waals surface area (Å²) in [7, 11) is 0. The smallest absolute Gasteiger partial charge is 0.269 e. The van der Waals surface area contributed by atoms with Crippen LogP contribution in [0, 0.1) is 10.1 Å². The third kappa shape index (κ3) is 5.08. The third-order valence-corrected chi connectivity index (χ3v) is 3.35. The third-order valence-electron chi connectivity index (χ3n) is 3.35. The molecule has 1 N–H and O–H groups in total. The molecule has 2 aromatic rings. The number of ether oxygens (including phenoxy) is 1. The number of hydrogen-bond acceptors (Lipinski definition) is 5. The van der Waals surface area contributed by atoms with Gasteiger partial charge in [0.25, 0.3) is 5.69 Å². The second kappa shape index (κ2) is 8.66. The van der Waals surface area contributed by atoms with Gasteiger partial charge in [0, 0.05) is 24.7 Å². The molecule has 0 unspecified atom stereocenters. The van der Waals surface area contributed by atoms with E-state index in [-0.39, 0.29) is 24.6 Å². The Labute approximate surface area is 139 Å². The van der Waals surface area contributed by atoms with Crippen molar-refractivity contribution in [3.63, 3.8) is 0 Å². The van der Waals surface area contributed by atoms with E-state index in [1.807, 2.05) is 0 Å². The Bertz CT molecular complexity index is 682. The Hall–Kier alpha value is -2.90. The molecule has 1 amide bonds. The summed E-state index contributed by atoms with van der Waals surface area (Å²) < 4.78 is 7.18. The zero-order valence-corrected chi connectivity index (χ0v) is 13.5. The number of amides is 1. The Morgan fingerprint density at radius 1 is 1.33 bits per heavy atom. The Kier molecular flexibility index (Phi) is 6.30. The molecule has 0 fully saturated rings. The van der Waals surface area contributed by atoms with E-state index in [1.165, 1.54) is 24.3 Å². The molecule has 8 nitrogen and oxygen atoms in total. The number of hydrogen-bond donors (Lipinski definition) is 1. The normalized spacial score (nSPS) is 10.4. The van der Waals surface area contributed by atoms with E-state index in [2.05, 4.69) is 17.3 Å². The van der Waals surface area contributed by atoms with Gasteiger partial charge in [-0.15, -0.1) is 0 Å². The second-order valence-corrected chi connectivity index (χ2v) is 5.19. The number of nitro benzene ring substituents is 1. The summed E-state index contributed by atoms with van der Waals surface area (Å²) in [5, 5.41) is 17.5. The zero-order chi connectivity index (χ0) is 17.4. The lowest BCUT2D eigenvalue weighted by Crippen LogP contribution is -2.18. The van der Waals surface area contributed by atoms with Crippen molar-refractivity contribution in [3.8, 4) is 5.75 Å². The van der Waals surface area contributed by atoms with Crippen molar-refractivity contribution in [2.45, 2.75) is 32.7 Å². The number of non-ortho nitro benzene ring substituents is 1. The molecule has 0 atom stereocenters. The molecule has 0 aliphatic carbocycles. The Morgan fingerprint density at radius 3 is 2.75 bits per heavy atom. The average molecular weight is 332 g/mol. The maximum absolute atomic E-state index is 11.9. The highest BCUT2D eigenvalue weighted by Crippen LogP contribution is 2.17. The molecular formula is C16H20N4O4. The van der Waals surface area contributed by atoms with Gasteiger partial charge < -0.3 is 10.1 Å². The molecule has 1 aromatic heterocycles. The lowest BCUT2D eigenvalue weighted by molar-refractivity contribution is -0.384. The fraction of sp³-hybridized carbons (Fsp3) is 0.375. The minimum atomic E-state index is -0.473. The zero-order valence-electron chi connectivity index (χ0n) is 13.5. The predicted octanol–water partition coefficient (Wildman–Crippen LogP) is 3.00. The van der Waals surface area contributed by atoms with Gasteiger partial charge in [0.1, 0.15) is 11.6 Å². The van der Waals surface area contributed by atoms with Crippen LogP contribution in [-0.4, -0.2) is 27.2 Å². The van der Waals surface area contributed by atoms with E-state index in [9.17, 15) is 14.9 Å². The first-order chi connectivity index (χ1) is 11.6. The van der Waals surface area contributed by atoms with E-state index in [4.69, 9.17) is 4.74 Å². The van der Waals surface area contributed by atoms with Gasteiger partial charge in [-0.1, -0.05) is 13.3 Å². The number of nitro groups is 1. The van der Waals surface area contributed by atoms with Gasteiger partial charge in [0.05, 0.1) is 24.1 Å². The van der Waals surface area contributed by atoms with Crippen LogP contribution in [0.1, 0.15) is 26.2 Å². The molecular weight excluding hydrogens is 312 g/mol. The van der Waals surface area contributed by atoms with Gasteiger partial charge in [-0.25, -0.2) is 4.68 Å². The van der Waals surface area contributed by atoms with Crippen molar-refractivity contribution in [2.24, 2.45) is 0 Å². The number of aromatic nitrogens is 2. The predicted molar refractivity (Wildman–Crippen MR) is 89.0 cm³/mol. The maximum Gasteiger partial charge on any atom is 0.269 e. The monoisotopic (exact) mass is 332 g/mol. The largest absolute Gasteiger partial charge is 0.493 e. The summed E-state index contributed by atoms with van der Waals surface area (Å²) in [6.07, 6.45) is 3.87. The summed E-state index contributed by atoms with van der Waals surface area (Å²) in [4.78, 5) is 22.0. The van der Waals surface area contributed by atoms with Crippen LogP contribution in [0.5, 0.6) is 5.75 Å². The number of aryl methyl sites for hydroxylation is 1. The standard InChI is InChI=1S/C16H20N4O4/c1-2-3-11-19-15(8-10-17-19)18-16(21)9-12-24-14-6-4-13(5-7-14)20(22)23/h4-8,10H,2-3,9,11-12H2,1H3,(H,18,21). The van der Waals surface area contributed by atoms with Crippen molar-refractivity contribution in [3.05, 3.63) is 46.6 Å². The number of nitrogens with zero attached hydrogens (tertiary/aromatic N) is 3. The molecule has 128 valence electrons. The Morgan fingerprint density at radius 2 is 2.08 bits per heavy atom. The summed E-state index contributed by atoms with van der Waals surface area (Å²) in [5.74, 6) is 0.986. The summed E-state index contributed by atoms with van der Waals surface area (Å²) in [6.45, 7) is 3.04. The van der Waals surface area contributed by atoms with Gasteiger partial charge >= 0.3 is 0 Å². The maximum atomic E-state index is 11.9. The highest BCUT2D eigenvalue weighted by atomic mass is 16.6. The molecule has 8 heteroatoms. The fourth-order valence-corrected chi connectivity index (χ4v) is 2.06. The first-order valence-electron chi connectivity index (χ1n) is 7.79. The Balaban J connectivity index is 1.77. The summed E-state index contributed by atoms with van der Waals surface area (Å²) in [6, 6.07) is 7.50. The van der Waals surface area contributed by atoms with Crippen LogP contribution in [0.2, 0.25) is 0 Å². The van der Waals surface area contributed by atoms with Gasteiger partial charge in [0.2, 0.25) is 5.91 Å². The van der Waals surface area contributed by atoms with Crippen molar-refractivity contribution in [2.75, 3.05) is 11.9 Å². The van der Waals surface area contributed by atoms with Gasteiger partial charge in [-0.3, -0.25) is 14.9 Å². The number of nitrogens with one attached hydrogen (secondary N) is 1. The van der Waals surface area contributed by atoms with E-state index in [0.29, 0.717) is 11.6 Å². The van der Waals surface area contributed by atoms with Gasteiger partial charge in [-0.2, -0.15) is 5.10 Å². The van der Waals surface area contributed by atoms with Crippen LogP contribution in [-0.2, 0) is 11.3 Å². The van der Waals surface area contributed by atoms with Crippen LogP contribution in [0.25, 0.3) is 0 Å². The van der Waals surface area contributed by atoms with Crippen molar-refractivity contribution in [1.82, 2.24) is 9.78 Å². The van der Waals surface area contributed by atoms with E-state index in [0.717, 1.165) is 19.4 Å². The SMILES string of the molecule is CCCCn1nccc1NC(=O)CCOc1ccc([N+](=O)[O-])cc1. The van der Waals surface area contributed by atoms with Crippen molar-refractivity contribution in [1.29, 1.82) is 0 Å². The van der Waals surface area contributed by atoms with Crippen LogP contribution in [0.15, 0.2) is 36.5 Å². The number of anilines is 1. The van der Waals surface area contributed by atoms with Crippen LogP contribution in [0.4, 0.5) is 11.5 Å². The first-order valence-corrected chi connectivity index (χ1v) is 7.79. The average Bonchev–Trinajstić information content (AvgIpc) is 3.00. The minimum Gasteiger partial charge on any atom is -0.493 e. The lowest BCUT2D eigenvalue weighted by atomic mass is 10.3. The first kappa shape index (κ1) is 17.5. The van der Waals surface area contributed by atoms with Crippen LogP contribution >= 0.6 is 0 Å². The molecule has 2 rings (SSSR count). The van der Waals surface area contributed by atoms with E-state index < -0.39 is 4.92 Å². The topological polar surface area (TPSA) is 99.3 Å². The molecule has 24 heavy (non-hydrogen) atoms. The molecule has 0 spiro atoms. The van der Waals surface area contributed by atoms with Crippen molar-refractivity contribution < 1.29 is 14.5 Å². The quantitative estimate of drug-likeness (QED) is 0.562. The van der Waals surface area contributed by atoms with Gasteiger partial charge in [0.15, 0.2) is 0 Å². The molecule has 0 saturated heterocycles. The number of rotatable bonds is 9. The molecule has 1 heterocycles.